The van der Waals surface area contributed by atoms with Gasteiger partial charge in [-0.15, -0.1) is 11.8 Å². The molecule has 0 spiro atoms. The van der Waals surface area contributed by atoms with Crippen LogP contribution >= 0.6 is 11.8 Å². The molecule has 112 valence electrons. The Kier molecular flexibility index (Phi) is 3.42. The van der Waals surface area contributed by atoms with Crippen LogP contribution in [-0.4, -0.2) is 18.0 Å². The first-order chi connectivity index (χ1) is 10.8. The number of fused-ring (bicyclic) bond motifs is 2. The van der Waals surface area contributed by atoms with Crippen LogP contribution in [0.2, 0.25) is 0 Å². The molecule has 1 unspecified atom stereocenters. The molecule has 2 heterocycles. The fraction of sp³-hybridized carbons (Fsp3) is 0.235. The third-order valence-electron chi connectivity index (χ3n) is 3.84. The summed E-state index contributed by atoms with van der Waals surface area (Å²) in [6.45, 7) is 0.769. The highest BCUT2D eigenvalue weighted by atomic mass is 32.2. The molecule has 0 saturated carbocycles. The second-order valence-corrected chi connectivity index (χ2v) is 6.57. The lowest BCUT2D eigenvalue weighted by molar-refractivity contribution is -0.120. The van der Waals surface area contributed by atoms with Crippen LogP contribution in [0, 0.1) is 0 Å². The molecule has 5 heteroatoms. The van der Waals surface area contributed by atoms with Gasteiger partial charge in [-0.05, 0) is 35.7 Å². The molecule has 0 fully saturated rings. The normalized spacial score (nSPS) is 18.1. The Bertz CT molecular complexity index is 707. The van der Waals surface area contributed by atoms with Crippen molar-refractivity contribution in [3.05, 3.63) is 53.6 Å². The smallest absolute Gasteiger partial charge is 0.234 e. The number of hydrogen-bond acceptors (Lipinski definition) is 4. The highest BCUT2D eigenvalue weighted by molar-refractivity contribution is 8.01. The third kappa shape index (κ3) is 2.52. The van der Waals surface area contributed by atoms with Crippen LogP contribution in [0.5, 0.6) is 11.5 Å². The summed E-state index contributed by atoms with van der Waals surface area (Å²) in [7, 11) is 0. The Morgan fingerprint density at radius 2 is 2.05 bits per heavy atom. The number of carbonyl (C=O) groups is 1. The van der Waals surface area contributed by atoms with E-state index in [-0.39, 0.29) is 18.0 Å². The molecule has 0 bridgehead atoms. The van der Waals surface area contributed by atoms with Gasteiger partial charge in [0.25, 0.3) is 0 Å². The Morgan fingerprint density at radius 1 is 1.18 bits per heavy atom. The van der Waals surface area contributed by atoms with Crippen molar-refractivity contribution in [3.8, 4) is 11.5 Å². The Labute approximate surface area is 132 Å². The summed E-state index contributed by atoms with van der Waals surface area (Å²) in [6, 6.07) is 13.9. The molecule has 1 atom stereocenters. The predicted octanol–water partition coefficient (Wildman–Crippen LogP) is 2.75. The van der Waals surface area contributed by atoms with Crippen molar-refractivity contribution >= 4 is 17.7 Å². The minimum atomic E-state index is -0.0357. The van der Waals surface area contributed by atoms with Crippen LogP contribution in [0.4, 0.5) is 0 Å². The molecule has 4 rings (SSSR count). The van der Waals surface area contributed by atoms with Crippen molar-refractivity contribution in [1.29, 1.82) is 0 Å². The van der Waals surface area contributed by atoms with Crippen LogP contribution in [0.1, 0.15) is 11.1 Å². The zero-order valence-electron chi connectivity index (χ0n) is 11.9. The van der Waals surface area contributed by atoms with E-state index in [4.69, 9.17) is 9.47 Å². The van der Waals surface area contributed by atoms with Crippen molar-refractivity contribution in [2.75, 3.05) is 6.79 Å². The summed E-state index contributed by atoms with van der Waals surface area (Å²) in [6.07, 6.45) is 0.799. The lowest BCUT2D eigenvalue weighted by Gasteiger charge is -2.10. The second kappa shape index (κ2) is 5.57. The maximum Gasteiger partial charge on any atom is 0.234 e. The molecule has 2 aliphatic heterocycles. The maximum atomic E-state index is 12.3. The molecule has 2 aromatic carbocycles. The molecule has 4 nitrogen and oxygen atoms in total. The number of rotatable bonds is 3. The van der Waals surface area contributed by atoms with E-state index < -0.39 is 0 Å². The number of thioether (sulfide) groups is 1. The van der Waals surface area contributed by atoms with Gasteiger partial charge in [0.2, 0.25) is 12.7 Å². The third-order valence-corrected chi connectivity index (χ3v) is 5.16. The predicted molar refractivity (Wildman–Crippen MR) is 84.2 cm³/mol. The highest BCUT2D eigenvalue weighted by Crippen LogP contribution is 2.37. The van der Waals surface area contributed by atoms with Crippen molar-refractivity contribution in [1.82, 2.24) is 5.32 Å². The summed E-state index contributed by atoms with van der Waals surface area (Å²) < 4.78 is 10.6. The van der Waals surface area contributed by atoms with Gasteiger partial charge >= 0.3 is 0 Å². The van der Waals surface area contributed by atoms with Gasteiger partial charge in [-0.25, -0.2) is 0 Å². The standard InChI is InChI=1S/C17H15NO3S/c19-17(16-8-12-3-1-2-4-15(12)22-16)18-9-11-5-6-13-14(7-11)21-10-20-13/h1-7,16H,8-10H2,(H,18,19). The minimum absolute atomic E-state index is 0.0357. The maximum absolute atomic E-state index is 12.3. The van der Waals surface area contributed by atoms with Crippen LogP contribution in [0.3, 0.4) is 0 Å². The topological polar surface area (TPSA) is 47.6 Å². The van der Waals surface area contributed by atoms with Crippen LogP contribution < -0.4 is 14.8 Å². The molecule has 0 radical (unpaired) electrons. The molecule has 22 heavy (non-hydrogen) atoms. The molecule has 0 saturated heterocycles. The van der Waals surface area contributed by atoms with Gasteiger partial charge < -0.3 is 14.8 Å². The molecule has 1 amide bonds. The molecular formula is C17H15NO3S. The summed E-state index contributed by atoms with van der Waals surface area (Å²) >= 11 is 1.64. The summed E-state index contributed by atoms with van der Waals surface area (Å²) in [5.41, 5.74) is 2.27. The van der Waals surface area contributed by atoms with E-state index in [1.165, 1.54) is 10.5 Å². The number of ether oxygens (including phenoxy) is 2. The summed E-state index contributed by atoms with van der Waals surface area (Å²) in [5, 5.41) is 2.98. The molecule has 1 N–H and O–H groups in total. The largest absolute Gasteiger partial charge is 0.454 e. The summed E-state index contributed by atoms with van der Waals surface area (Å²) in [4.78, 5) is 13.5. The lowest BCUT2D eigenvalue weighted by Crippen LogP contribution is -2.31. The Morgan fingerprint density at radius 3 is 2.95 bits per heavy atom. The Balaban J connectivity index is 1.37. The van der Waals surface area contributed by atoms with Crippen LogP contribution in [0.25, 0.3) is 0 Å². The monoisotopic (exact) mass is 313 g/mol. The van der Waals surface area contributed by atoms with Crippen molar-refractivity contribution in [3.63, 3.8) is 0 Å². The fourth-order valence-corrected chi connectivity index (χ4v) is 3.90. The number of hydrogen-bond donors (Lipinski definition) is 1. The van der Waals surface area contributed by atoms with E-state index in [9.17, 15) is 4.79 Å². The van der Waals surface area contributed by atoms with E-state index in [1.54, 1.807) is 11.8 Å². The van der Waals surface area contributed by atoms with Crippen molar-refractivity contribution in [2.24, 2.45) is 0 Å². The average Bonchev–Trinajstić information content (AvgIpc) is 3.18. The van der Waals surface area contributed by atoms with Crippen LogP contribution in [0.15, 0.2) is 47.4 Å². The SMILES string of the molecule is O=C(NCc1ccc2c(c1)OCO2)C1Cc2ccccc2S1. The number of nitrogens with one attached hydrogen (secondary N) is 1. The van der Waals surface area contributed by atoms with Gasteiger partial charge in [0.15, 0.2) is 11.5 Å². The molecule has 0 aliphatic carbocycles. The van der Waals surface area contributed by atoms with Gasteiger partial charge in [-0.2, -0.15) is 0 Å². The lowest BCUT2D eigenvalue weighted by atomic mass is 10.1. The zero-order valence-corrected chi connectivity index (χ0v) is 12.7. The number of carbonyl (C=O) groups excluding carboxylic acids is 1. The second-order valence-electron chi connectivity index (χ2n) is 5.32. The number of amides is 1. The number of benzene rings is 2. The van der Waals surface area contributed by atoms with E-state index in [1.807, 2.05) is 30.3 Å². The quantitative estimate of drug-likeness (QED) is 0.946. The van der Waals surface area contributed by atoms with Gasteiger partial charge in [-0.3, -0.25) is 4.79 Å². The van der Waals surface area contributed by atoms with E-state index >= 15 is 0 Å². The van der Waals surface area contributed by atoms with Gasteiger partial charge in [0.05, 0.1) is 5.25 Å². The van der Waals surface area contributed by atoms with Gasteiger partial charge in [0.1, 0.15) is 0 Å². The molecule has 0 aromatic heterocycles. The van der Waals surface area contributed by atoms with E-state index in [2.05, 4.69) is 17.4 Å². The van der Waals surface area contributed by atoms with Gasteiger partial charge in [-0.1, -0.05) is 24.3 Å². The van der Waals surface area contributed by atoms with Crippen molar-refractivity contribution in [2.45, 2.75) is 23.1 Å². The average molecular weight is 313 g/mol. The molecular weight excluding hydrogens is 298 g/mol. The van der Waals surface area contributed by atoms with Gasteiger partial charge in [0, 0.05) is 11.4 Å². The first-order valence-electron chi connectivity index (χ1n) is 7.20. The highest BCUT2D eigenvalue weighted by Gasteiger charge is 2.27. The molecule has 2 aliphatic rings. The first-order valence-corrected chi connectivity index (χ1v) is 8.08. The van der Waals surface area contributed by atoms with Crippen molar-refractivity contribution < 1.29 is 14.3 Å². The first kappa shape index (κ1) is 13.5. The Hall–Kier alpha value is -2.14. The summed E-state index contributed by atoms with van der Waals surface area (Å²) in [5.74, 6) is 1.59. The minimum Gasteiger partial charge on any atom is -0.454 e. The van der Waals surface area contributed by atoms with Crippen LogP contribution in [-0.2, 0) is 17.8 Å². The zero-order chi connectivity index (χ0) is 14.9. The molecule has 2 aromatic rings. The van der Waals surface area contributed by atoms with E-state index in [0.717, 1.165) is 23.5 Å². The van der Waals surface area contributed by atoms with E-state index in [0.29, 0.717) is 6.54 Å². The fourth-order valence-electron chi connectivity index (χ4n) is 2.68.